The van der Waals surface area contributed by atoms with Crippen LogP contribution in [0.1, 0.15) is 55.8 Å². The van der Waals surface area contributed by atoms with Gasteiger partial charge >= 0.3 is 11.9 Å². The van der Waals surface area contributed by atoms with E-state index in [1.807, 2.05) is 17.2 Å². The van der Waals surface area contributed by atoms with E-state index in [0.29, 0.717) is 58.3 Å². The predicted molar refractivity (Wildman–Crippen MR) is 236 cm³/mol. The van der Waals surface area contributed by atoms with Crippen LogP contribution in [0.15, 0.2) is 36.7 Å². The van der Waals surface area contributed by atoms with Crippen LogP contribution in [0.5, 0.6) is 5.75 Å². The molecule has 344 valence electrons. The van der Waals surface area contributed by atoms with Gasteiger partial charge in [-0.1, -0.05) is 37.1 Å². The lowest BCUT2D eigenvalue weighted by Gasteiger charge is -2.35. The molecule has 4 heterocycles. The first-order chi connectivity index (χ1) is 30.4. The molecular formula is C41H60N12O9S. The number of carbonyl (C=O) groups excluding carboxylic acids is 2. The number of anilines is 2. The van der Waals surface area contributed by atoms with Crippen LogP contribution in [-0.2, 0) is 54.8 Å². The van der Waals surface area contributed by atoms with Crippen molar-refractivity contribution >= 4 is 58.3 Å². The highest BCUT2D eigenvalue weighted by molar-refractivity contribution is 8.00. The van der Waals surface area contributed by atoms with Gasteiger partial charge in [0.2, 0.25) is 17.8 Å². The van der Waals surface area contributed by atoms with Crippen molar-refractivity contribution in [3.8, 4) is 5.75 Å². The number of methoxy groups -OCH3 is 1. The maximum absolute atomic E-state index is 12.9. The van der Waals surface area contributed by atoms with Gasteiger partial charge in [-0.2, -0.15) is 4.98 Å². The van der Waals surface area contributed by atoms with E-state index in [-0.39, 0.29) is 30.6 Å². The quantitative estimate of drug-likeness (QED) is 0.0442. The van der Waals surface area contributed by atoms with Gasteiger partial charge in [0.05, 0.1) is 83.0 Å². The number of aromatic nitrogens is 6. The standard InChI is InChI=1S/C41H60N12O9S/c1-3-4-5-10-44-38-37-32(46-41(43)47-38)8-11-52(37)25-29-7-6-28(21-33(29)60-2)24-50-12-14-51(15-13-50)35(54)9-17-61-19-20-62-18-16-53-26-30(48-49-53)23-45-39(57)34(22-36(55)56)63-27-31(42)40(58)59/h6-8,11,21,26,31,34H,3-5,9-10,12-20,22-25,27,42H2,1-2H3,(H,45,57)(H,55,56)(H,58,59)(H3,43,44,46,47)/t31-,34-/m0/s1. The van der Waals surface area contributed by atoms with Crippen molar-refractivity contribution in [3.63, 3.8) is 0 Å². The first kappa shape index (κ1) is 48.5. The molecule has 1 aliphatic heterocycles. The van der Waals surface area contributed by atoms with Crippen LogP contribution < -0.4 is 26.8 Å². The van der Waals surface area contributed by atoms with Crippen molar-refractivity contribution in [1.29, 1.82) is 0 Å². The number of rotatable bonds is 28. The molecule has 0 unspecified atom stereocenters. The van der Waals surface area contributed by atoms with E-state index < -0.39 is 35.6 Å². The Morgan fingerprint density at radius 2 is 1.76 bits per heavy atom. The van der Waals surface area contributed by atoms with E-state index in [1.165, 1.54) is 0 Å². The number of carboxylic acid groups (broad SMARTS) is 2. The average Bonchev–Trinajstić information content (AvgIpc) is 3.90. The molecule has 1 aromatic carbocycles. The van der Waals surface area contributed by atoms with E-state index in [4.69, 9.17) is 35.9 Å². The van der Waals surface area contributed by atoms with Crippen molar-refractivity contribution in [2.75, 3.05) is 83.1 Å². The second-order valence-electron chi connectivity index (χ2n) is 15.1. The first-order valence-corrected chi connectivity index (χ1v) is 22.1. The van der Waals surface area contributed by atoms with Crippen LogP contribution >= 0.6 is 11.8 Å². The Kier molecular flexibility index (Phi) is 19.2. The Bertz CT molecular complexity index is 2110. The summed E-state index contributed by atoms with van der Waals surface area (Å²) in [7, 11) is 1.69. The molecule has 0 aliphatic carbocycles. The number of carbonyl (C=O) groups is 4. The van der Waals surface area contributed by atoms with E-state index in [1.54, 1.807) is 18.0 Å². The van der Waals surface area contributed by atoms with Crippen molar-refractivity contribution in [2.24, 2.45) is 5.73 Å². The fourth-order valence-electron chi connectivity index (χ4n) is 6.87. The first-order valence-electron chi connectivity index (χ1n) is 21.1. The topological polar surface area (TPSA) is 280 Å². The number of amides is 2. The summed E-state index contributed by atoms with van der Waals surface area (Å²) >= 11 is 0.871. The van der Waals surface area contributed by atoms with E-state index >= 15 is 0 Å². The number of ether oxygens (including phenoxy) is 3. The predicted octanol–water partition coefficient (Wildman–Crippen LogP) is 1.64. The third-order valence-corrected chi connectivity index (χ3v) is 11.6. The highest BCUT2D eigenvalue weighted by Gasteiger charge is 2.25. The molecule has 0 saturated carbocycles. The number of hydrogen-bond donors (Lipinski definition) is 6. The summed E-state index contributed by atoms with van der Waals surface area (Å²) in [6.07, 6.45) is 6.76. The molecule has 2 amide bonds. The van der Waals surface area contributed by atoms with Gasteiger partial charge in [-0.25, -0.2) is 9.67 Å². The number of nitrogens with two attached hydrogens (primary N) is 2. The lowest BCUT2D eigenvalue weighted by atomic mass is 10.1. The second kappa shape index (κ2) is 24.9. The van der Waals surface area contributed by atoms with Crippen LogP contribution in [0.25, 0.3) is 11.0 Å². The van der Waals surface area contributed by atoms with Gasteiger partial charge < -0.3 is 56.0 Å². The third kappa shape index (κ3) is 15.3. The van der Waals surface area contributed by atoms with Gasteiger partial charge in [0.1, 0.15) is 23.0 Å². The van der Waals surface area contributed by atoms with E-state index in [9.17, 15) is 19.2 Å². The minimum atomic E-state index is -1.24. The summed E-state index contributed by atoms with van der Waals surface area (Å²) in [6.45, 7) is 8.80. The number of nitrogens with one attached hydrogen (secondary N) is 2. The fraction of sp³-hybridized carbons (Fsp3) is 0.561. The maximum atomic E-state index is 12.9. The molecule has 0 bridgehead atoms. The van der Waals surface area contributed by atoms with Gasteiger partial charge in [0.25, 0.3) is 0 Å². The van der Waals surface area contributed by atoms with Gasteiger partial charge in [-0.15, -0.1) is 16.9 Å². The number of thioether (sulfide) groups is 1. The normalized spacial score (nSPS) is 14.1. The highest BCUT2D eigenvalue weighted by Crippen LogP contribution is 2.28. The molecule has 3 aromatic heterocycles. The largest absolute Gasteiger partial charge is 0.496 e. The summed E-state index contributed by atoms with van der Waals surface area (Å²) in [4.78, 5) is 60.8. The Labute approximate surface area is 370 Å². The molecule has 5 rings (SSSR count). The number of carboxylic acids is 2. The molecule has 2 atom stereocenters. The summed E-state index contributed by atoms with van der Waals surface area (Å²) in [5, 5.41) is 31.2. The number of unbranched alkanes of at least 4 members (excludes halogenated alkanes) is 2. The number of nitrogens with zero attached hydrogens (tertiary/aromatic N) is 8. The van der Waals surface area contributed by atoms with Gasteiger partial charge in [0.15, 0.2) is 5.82 Å². The molecule has 0 radical (unpaired) electrons. The monoisotopic (exact) mass is 896 g/mol. The summed E-state index contributed by atoms with van der Waals surface area (Å²) < 4.78 is 20.8. The lowest BCUT2D eigenvalue weighted by molar-refractivity contribution is -0.138. The van der Waals surface area contributed by atoms with Crippen LogP contribution in [0.2, 0.25) is 0 Å². The molecule has 22 heteroatoms. The van der Waals surface area contributed by atoms with Gasteiger partial charge in [-0.3, -0.25) is 24.1 Å². The maximum Gasteiger partial charge on any atom is 0.321 e. The number of piperazine rings is 1. The molecule has 63 heavy (non-hydrogen) atoms. The smallest absolute Gasteiger partial charge is 0.321 e. The Hall–Kier alpha value is -5.55. The van der Waals surface area contributed by atoms with Crippen molar-refractivity contribution < 1.29 is 43.6 Å². The van der Waals surface area contributed by atoms with Gasteiger partial charge in [-0.05, 0) is 24.1 Å². The third-order valence-electron chi connectivity index (χ3n) is 10.3. The van der Waals surface area contributed by atoms with Gasteiger partial charge in [0, 0.05) is 56.8 Å². The van der Waals surface area contributed by atoms with Crippen LogP contribution in [0, 0.1) is 0 Å². The van der Waals surface area contributed by atoms with Crippen LogP contribution in [0.3, 0.4) is 0 Å². The molecule has 8 N–H and O–H groups in total. The zero-order valence-electron chi connectivity index (χ0n) is 35.9. The molecule has 1 aliphatic rings. The highest BCUT2D eigenvalue weighted by atomic mass is 32.2. The zero-order valence-corrected chi connectivity index (χ0v) is 36.8. The van der Waals surface area contributed by atoms with E-state index in [2.05, 4.69) is 65.5 Å². The molecule has 1 saturated heterocycles. The molecule has 4 aromatic rings. The van der Waals surface area contributed by atoms with Crippen molar-refractivity contribution in [1.82, 2.24) is 44.6 Å². The van der Waals surface area contributed by atoms with Crippen molar-refractivity contribution in [2.45, 2.75) is 76.5 Å². The summed E-state index contributed by atoms with van der Waals surface area (Å²) in [5.41, 5.74) is 15.8. The Morgan fingerprint density at radius 1 is 0.984 bits per heavy atom. The minimum Gasteiger partial charge on any atom is -0.496 e. The second-order valence-corrected chi connectivity index (χ2v) is 16.3. The summed E-state index contributed by atoms with van der Waals surface area (Å²) in [6, 6.07) is 7.06. The van der Waals surface area contributed by atoms with Crippen LogP contribution in [-0.4, -0.2) is 157 Å². The Morgan fingerprint density at radius 3 is 2.49 bits per heavy atom. The number of hydrogen-bond acceptors (Lipinski definition) is 16. The molecule has 21 nitrogen and oxygen atoms in total. The average molecular weight is 897 g/mol. The lowest BCUT2D eigenvalue weighted by Crippen LogP contribution is -2.48. The number of benzene rings is 1. The molecule has 1 fully saturated rings. The summed E-state index contributed by atoms with van der Waals surface area (Å²) in [5.74, 6) is -1.27. The molecule has 0 spiro atoms. The Balaban J connectivity index is 0.948. The number of fused-ring (bicyclic) bond motifs is 1. The minimum absolute atomic E-state index is 0.00912. The number of nitrogen functional groups attached to an aromatic ring is 1. The van der Waals surface area contributed by atoms with Crippen molar-refractivity contribution in [3.05, 3.63) is 53.5 Å². The molecular weight excluding hydrogens is 837 g/mol. The fourth-order valence-corrected chi connectivity index (χ4v) is 7.95. The zero-order chi connectivity index (χ0) is 45.1. The number of aliphatic carboxylic acids is 2. The SMILES string of the molecule is CCCCCNc1nc(N)nc2ccn(Cc3ccc(CN4CCN(C(=O)CCOCCOCCn5cc(CNC(=O)[C@H](CC(=O)O)SC[C@H](N)C(=O)O)nn5)CC4)cc3OC)c12. The van der Waals surface area contributed by atoms with Crippen LogP contribution in [0.4, 0.5) is 11.8 Å². The van der Waals surface area contributed by atoms with E-state index in [0.717, 1.165) is 90.9 Å².